The van der Waals surface area contributed by atoms with Crippen molar-refractivity contribution in [3.8, 4) is 29.6 Å². The lowest BCUT2D eigenvalue weighted by molar-refractivity contribution is -0.135. The van der Waals surface area contributed by atoms with Gasteiger partial charge >= 0.3 is 11.7 Å². The first-order valence-corrected chi connectivity index (χ1v) is 34.8. The SMILES string of the molecule is C#Cc1c(F)ccc2cccc(-c3ncc4c(N5CCCC(C)C5)nc(OC)nc4c3F)c12.CC=C1CCC1.CCCC(CC)CCC(C)CC.CCCCCCC(CCC)c1ccc2c(c1)n(C)c(=O)n2C1CCC(=O)NC1=O.COCC1CCC2CCCN21. The van der Waals surface area contributed by atoms with Gasteiger partial charge in [-0.2, -0.15) is 9.97 Å². The van der Waals surface area contributed by atoms with Crippen molar-refractivity contribution in [2.75, 3.05) is 45.4 Å². The van der Waals surface area contributed by atoms with Gasteiger partial charge in [0, 0.05) is 62.9 Å². The number of rotatable bonds is 21. The number of aryl methyl sites for hydroxylation is 1. The molecule has 7 unspecified atom stereocenters. The highest BCUT2D eigenvalue weighted by Gasteiger charge is 2.36. The zero-order valence-corrected chi connectivity index (χ0v) is 57.1. The first-order chi connectivity index (χ1) is 44.1. The summed E-state index contributed by atoms with van der Waals surface area (Å²) in [7, 11) is 5.02. The number of amides is 2. The quantitative estimate of drug-likeness (QED) is 0.0321. The average Bonchev–Trinajstić information content (AvgIpc) is 1.71. The van der Waals surface area contributed by atoms with E-state index >= 15 is 4.39 Å². The highest BCUT2D eigenvalue weighted by atomic mass is 19.1. The number of pyridine rings is 1. The number of aromatic nitrogens is 5. The van der Waals surface area contributed by atoms with Gasteiger partial charge in [0.25, 0.3) is 0 Å². The maximum atomic E-state index is 16.0. The molecule has 91 heavy (non-hydrogen) atoms. The van der Waals surface area contributed by atoms with Gasteiger partial charge < -0.3 is 14.4 Å². The Morgan fingerprint density at radius 3 is 2.24 bits per heavy atom. The van der Waals surface area contributed by atoms with Crippen LogP contribution in [0.2, 0.25) is 0 Å². The molecule has 5 fully saturated rings. The minimum atomic E-state index is -0.629. The van der Waals surface area contributed by atoms with Crippen LogP contribution in [0.15, 0.2) is 71.2 Å². The van der Waals surface area contributed by atoms with Crippen LogP contribution in [0.4, 0.5) is 14.6 Å². The van der Waals surface area contributed by atoms with Crippen LogP contribution in [0.25, 0.3) is 44.0 Å². The molecular weight excluding hydrogens is 1140 g/mol. The van der Waals surface area contributed by atoms with Gasteiger partial charge in [-0.15, -0.1) is 6.42 Å². The summed E-state index contributed by atoms with van der Waals surface area (Å²) in [5, 5.41) is 4.01. The van der Waals surface area contributed by atoms with E-state index in [-0.39, 0.29) is 46.7 Å². The number of imidazole rings is 1. The molecule has 4 saturated heterocycles. The molecule has 0 radical (unpaired) electrons. The van der Waals surface area contributed by atoms with E-state index in [1.54, 1.807) is 52.2 Å². The molecule has 496 valence electrons. The summed E-state index contributed by atoms with van der Waals surface area (Å²) in [5.41, 5.74) is 4.97. The maximum Gasteiger partial charge on any atom is 0.329 e. The van der Waals surface area contributed by atoms with Crippen molar-refractivity contribution >= 4 is 50.3 Å². The van der Waals surface area contributed by atoms with Gasteiger partial charge in [0.05, 0.1) is 35.7 Å². The number of imide groups is 1. The van der Waals surface area contributed by atoms with Crippen LogP contribution in [0.1, 0.15) is 233 Å². The first kappa shape index (κ1) is 71.9. The third-order valence-electron chi connectivity index (χ3n) is 19.9. The molecule has 11 rings (SSSR count). The summed E-state index contributed by atoms with van der Waals surface area (Å²) in [6.07, 6.45) is 38.8. The van der Waals surface area contributed by atoms with E-state index in [4.69, 9.17) is 15.9 Å². The molecule has 7 heterocycles. The number of benzene rings is 3. The third kappa shape index (κ3) is 18.6. The van der Waals surface area contributed by atoms with Crippen molar-refractivity contribution in [3.05, 3.63) is 99.6 Å². The lowest BCUT2D eigenvalue weighted by Crippen LogP contribution is -2.44. The van der Waals surface area contributed by atoms with Crippen LogP contribution < -0.4 is 20.6 Å². The minimum absolute atomic E-state index is 0.0499. The summed E-state index contributed by atoms with van der Waals surface area (Å²) >= 11 is 0. The smallest absolute Gasteiger partial charge is 0.329 e. The van der Waals surface area contributed by atoms with Gasteiger partial charge in [0.1, 0.15) is 28.9 Å². The normalized spacial score (nSPS) is 19.7. The molecule has 5 aliphatic rings. The second-order valence-electron chi connectivity index (χ2n) is 26.3. The Labute approximate surface area is 542 Å². The maximum absolute atomic E-state index is 16.0. The number of carbonyl (C=O) groups excluding carboxylic acids is 2. The molecule has 1 N–H and O–H groups in total. The van der Waals surface area contributed by atoms with Crippen LogP contribution in [0.5, 0.6) is 6.01 Å². The lowest BCUT2D eigenvalue weighted by Gasteiger charge is -2.32. The number of carbonyl (C=O) groups is 2. The van der Waals surface area contributed by atoms with Crippen molar-refractivity contribution in [1.82, 2.24) is 34.3 Å². The lowest BCUT2D eigenvalue weighted by atomic mass is 9.89. The summed E-state index contributed by atoms with van der Waals surface area (Å²) in [6, 6.07) is 15.5. The zero-order valence-electron chi connectivity index (χ0n) is 57.1. The number of unbranched alkanes of at least 4 members (excludes halogenated alkanes) is 3. The molecule has 0 spiro atoms. The van der Waals surface area contributed by atoms with Gasteiger partial charge in [-0.05, 0) is 143 Å². The largest absolute Gasteiger partial charge is 0.467 e. The molecule has 1 saturated carbocycles. The molecule has 3 aromatic heterocycles. The Hall–Kier alpha value is -6.50. The topological polar surface area (TPSA) is 137 Å². The Morgan fingerprint density at radius 1 is 0.813 bits per heavy atom. The molecule has 0 bridgehead atoms. The summed E-state index contributed by atoms with van der Waals surface area (Å²) in [5.74, 6) is 4.12. The number of methoxy groups -OCH3 is 2. The molecule has 4 aliphatic heterocycles. The predicted octanol–water partition coefficient (Wildman–Crippen LogP) is 17.5. The summed E-state index contributed by atoms with van der Waals surface area (Å²) in [4.78, 5) is 54.8. The van der Waals surface area contributed by atoms with Gasteiger partial charge in [0.2, 0.25) is 11.8 Å². The van der Waals surface area contributed by atoms with Gasteiger partial charge in [-0.3, -0.25) is 33.9 Å². The second-order valence-corrected chi connectivity index (χ2v) is 26.3. The van der Waals surface area contributed by atoms with E-state index in [1.165, 1.54) is 141 Å². The number of terminal acetylenes is 1. The fourth-order valence-electron chi connectivity index (χ4n) is 14.0. The molecule has 7 atom stereocenters. The molecule has 13 nitrogen and oxygen atoms in total. The number of hydrogen-bond acceptors (Lipinski definition) is 10. The number of nitrogens with zero attached hydrogens (tertiary/aromatic N) is 7. The van der Waals surface area contributed by atoms with Crippen LogP contribution in [0.3, 0.4) is 0 Å². The molecule has 6 aromatic rings. The molecule has 3 aromatic carbocycles. The number of hydrogen-bond donors (Lipinski definition) is 1. The molecule has 1 aliphatic carbocycles. The van der Waals surface area contributed by atoms with Crippen LogP contribution in [-0.2, 0) is 21.4 Å². The standard InChI is InChI=1S/C26H22F2N4O.C23H33N3O3.C12H26.C9H17NO.C6H10/c1-4-17-20(27)11-10-16-8-5-9-18(21(16)17)23-22(28)24-19(13-29-23)25(31-26(30-24)33-3)32-12-6-7-15(2)14-32;1-4-6-7-8-10-16(9-5-2)17-11-12-18-20(15-17)25(3)23(29)26(18)19-13-14-21(27)24-22(19)28;1-5-8-12(7-3)10-9-11(4)6-2;1-11-7-9-5-4-8-3-2-6-10(8)9;1-2-6-4-3-5-6/h1,5,8-11,13,15H,6-7,12,14H2,2-3H3;11-12,15-16,19H,4-10,13-14H2,1-3H3,(H,24,27,28);11-12H,5-10H2,1-4H3;8-9H,2-7H2,1H3;2H,3-5H2,1H3. The Kier molecular flexibility index (Phi) is 28.5. The number of ether oxygens (including phenoxy) is 2. The van der Waals surface area contributed by atoms with Gasteiger partial charge in [-0.25, -0.2) is 13.6 Å². The molecular formula is C76H108F2N8O5. The zero-order chi connectivity index (χ0) is 65.6. The van der Waals surface area contributed by atoms with Crippen molar-refractivity contribution in [2.45, 2.75) is 234 Å². The van der Waals surface area contributed by atoms with Crippen LogP contribution in [-0.4, -0.2) is 93.3 Å². The van der Waals surface area contributed by atoms with Gasteiger partial charge in [-0.1, -0.05) is 167 Å². The number of allylic oxidation sites excluding steroid dienone is 2. The number of halogens is 2. The van der Waals surface area contributed by atoms with Crippen molar-refractivity contribution in [2.24, 2.45) is 24.8 Å². The van der Waals surface area contributed by atoms with E-state index in [0.717, 1.165) is 80.3 Å². The van der Waals surface area contributed by atoms with Crippen molar-refractivity contribution in [1.29, 1.82) is 0 Å². The van der Waals surface area contributed by atoms with Crippen LogP contribution >= 0.6 is 0 Å². The van der Waals surface area contributed by atoms with E-state index in [9.17, 15) is 18.8 Å². The third-order valence-corrected chi connectivity index (χ3v) is 19.9. The Morgan fingerprint density at radius 2 is 1.59 bits per heavy atom. The Bertz CT molecular complexity index is 3450. The fourth-order valence-corrected chi connectivity index (χ4v) is 14.0. The highest BCUT2D eigenvalue weighted by molar-refractivity contribution is 6.02. The number of anilines is 1. The molecule has 2 amide bonds. The number of fused-ring (bicyclic) bond motifs is 4. The van der Waals surface area contributed by atoms with Crippen molar-refractivity contribution in [3.63, 3.8) is 0 Å². The fraction of sp³-hybridized carbons (Fsp3) is 0.605. The molecule has 15 heteroatoms. The minimum Gasteiger partial charge on any atom is -0.467 e. The summed E-state index contributed by atoms with van der Waals surface area (Å²) < 4.78 is 44.1. The predicted molar refractivity (Wildman–Crippen MR) is 370 cm³/mol. The monoisotopic (exact) mass is 1250 g/mol. The first-order valence-electron chi connectivity index (χ1n) is 34.8. The van der Waals surface area contributed by atoms with E-state index in [2.05, 4.69) is 110 Å². The van der Waals surface area contributed by atoms with Crippen molar-refractivity contribution < 1.29 is 27.8 Å². The number of nitrogens with one attached hydrogen (secondary N) is 1. The average molecular weight is 1250 g/mol. The number of piperidine rings is 2. The van der Waals surface area contributed by atoms with E-state index < -0.39 is 17.7 Å². The highest BCUT2D eigenvalue weighted by Crippen LogP contribution is 2.39. The van der Waals surface area contributed by atoms with Gasteiger partial charge in [0.15, 0.2) is 5.82 Å². The second kappa shape index (κ2) is 36.1. The Balaban J connectivity index is 0.000000182. The van der Waals surface area contributed by atoms with E-state index in [0.29, 0.717) is 45.8 Å². The van der Waals surface area contributed by atoms with Crippen LogP contribution in [0, 0.1) is 41.7 Å². The summed E-state index contributed by atoms with van der Waals surface area (Å²) in [6.45, 7) is 21.9. The van der Waals surface area contributed by atoms with E-state index in [1.807, 2.05) is 13.2 Å².